The van der Waals surface area contributed by atoms with Crippen LogP contribution in [-0.2, 0) is 10.6 Å². The van der Waals surface area contributed by atoms with Crippen molar-refractivity contribution in [3.05, 3.63) is 28.2 Å². The Morgan fingerprint density at radius 3 is 2.95 bits per heavy atom. The summed E-state index contributed by atoms with van der Waals surface area (Å²) < 4.78 is 7.09. The molecule has 0 bridgehead atoms. The molecular formula is C15H19BrClNO. The fraction of sp³-hybridized carbons (Fsp3) is 0.600. The van der Waals surface area contributed by atoms with E-state index in [2.05, 4.69) is 39.0 Å². The van der Waals surface area contributed by atoms with E-state index in [1.807, 2.05) is 0 Å². The van der Waals surface area contributed by atoms with E-state index < -0.39 is 0 Å². The van der Waals surface area contributed by atoms with Crippen molar-refractivity contribution in [2.45, 2.75) is 43.7 Å². The number of nitrogens with zero attached hydrogens (tertiary/aromatic N) is 1. The van der Waals surface area contributed by atoms with Crippen molar-refractivity contribution in [2.75, 3.05) is 18.1 Å². The van der Waals surface area contributed by atoms with Crippen LogP contribution in [0.25, 0.3) is 0 Å². The van der Waals surface area contributed by atoms with Crippen LogP contribution < -0.4 is 4.90 Å². The summed E-state index contributed by atoms with van der Waals surface area (Å²) in [5.41, 5.74) is 2.44. The third-order valence-electron chi connectivity index (χ3n) is 4.21. The first kappa shape index (κ1) is 13.7. The molecule has 0 amide bonds. The number of hydrogen-bond acceptors (Lipinski definition) is 2. The maximum atomic E-state index is 5.94. The summed E-state index contributed by atoms with van der Waals surface area (Å²) in [6.45, 7) is 1.82. The van der Waals surface area contributed by atoms with E-state index in [-0.39, 0.29) is 0 Å². The van der Waals surface area contributed by atoms with Gasteiger partial charge in [0.05, 0.1) is 24.4 Å². The van der Waals surface area contributed by atoms with Crippen molar-refractivity contribution in [1.29, 1.82) is 0 Å². The average Bonchev–Trinajstić information content (AvgIpc) is 2.46. The first-order valence-electron chi connectivity index (χ1n) is 7.02. The molecule has 2 fully saturated rings. The average molecular weight is 345 g/mol. The molecule has 0 radical (unpaired) electrons. The van der Waals surface area contributed by atoms with Crippen LogP contribution in [0.15, 0.2) is 22.7 Å². The van der Waals surface area contributed by atoms with Crippen LogP contribution in [-0.4, -0.2) is 25.3 Å². The Kier molecular flexibility index (Phi) is 4.35. The minimum absolute atomic E-state index is 0.419. The zero-order valence-electron chi connectivity index (χ0n) is 10.9. The SMILES string of the molecule is ClCc1ccc(N2CCOC3CCCCC32)c(Br)c1. The lowest BCUT2D eigenvalue weighted by molar-refractivity contribution is -0.00872. The predicted molar refractivity (Wildman–Crippen MR) is 83.0 cm³/mol. The van der Waals surface area contributed by atoms with E-state index in [1.165, 1.54) is 31.4 Å². The largest absolute Gasteiger partial charge is 0.374 e. The highest BCUT2D eigenvalue weighted by molar-refractivity contribution is 9.10. The number of anilines is 1. The number of alkyl halides is 1. The molecule has 2 aliphatic rings. The summed E-state index contributed by atoms with van der Waals surface area (Å²) in [6.07, 6.45) is 5.49. The molecule has 1 saturated carbocycles. The van der Waals surface area contributed by atoms with Gasteiger partial charge in [0.25, 0.3) is 0 Å². The molecule has 1 heterocycles. The molecule has 1 aliphatic heterocycles. The van der Waals surface area contributed by atoms with Gasteiger partial charge in [0.15, 0.2) is 0 Å². The van der Waals surface area contributed by atoms with Gasteiger partial charge in [-0.3, -0.25) is 0 Å². The fourth-order valence-corrected chi connectivity index (χ4v) is 4.08. The van der Waals surface area contributed by atoms with Crippen LogP contribution >= 0.6 is 27.5 Å². The molecule has 2 nitrogen and oxygen atoms in total. The summed E-state index contributed by atoms with van der Waals surface area (Å²) >= 11 is 9.59. The molecular weight excluding hydrogens is 326 g/mol. The van der Waals surface area contributed by atoms with Crippen molar-refractivity contribution >= 4 is 33.2 Å². The van der Waals surface area contributed by atoms with Gasteiger partial charge in [0, 0.05) is 16.9 Å². The van der Waals surface area contributed by atoms with Crippen molar-refractivity contribution in [3.8, 4) is 0 Å². The van der Waals surface area contributed by atoms with Crippen LogP contribution in [0.3, 0.4) is 0 Å². The van der Waals surface area contributed by atoms with Gasteiger partial charge >= 0.3 is 0 Å². The molecule has 1 aliphatic carbocycles. The first-order valence-corrected chi connectivity index (χ1v) is 8.35. The van der Waals surface area contributed by atoms with Crippen molar-refractivity contribution < 1.29 is 4.74 Å². The Bertz CT molecular complexity index is 452. The Hall–Kier alpha value is -0.250. The van der Waals surface area contributed by atoms with Crippen LogP contribution in [0.5, 0.6) is 0 Å². The minimum Gasteiger partial charge on any atom is -0.374 e. The maximum Gasteiger partial charge on any atom is 0.0779 e. The first-order chi connectivity index (χ1) is 9.29. The minimum atomic E-state index is 0.419. The zero-order valence-corrected chi connectivity index (χ0v) is 13.3. The normalized spacial score (nSPS) is 27.2. The topological polar surface area (TPSA) is 12.5 Å². The molecule has 19 heavy (non-hydrogen) atoms. The van der Waals surface area contributed by atoms with E-state index in [0.29, 0.717) is 18.0 Å². The number of halogens is 2. The van der Waals surface area contributed by atoms with E-state index in [0.717, 1.165) is 23.2 Å². The quantitative estimate of drug-likeness (QED) is 0.740. The molecule has 1 saturated heterocycles. The highest BCUT2D eigenvalue weighted by Crippen LogP contribution is 2.36. The summed E-state index contributed by atoms with van der Waals surface area (Å²) in [7, 11) is 0. The van der Waals surface area contributed by atoms with Crippen LogP contribution in [0, 0.1) is 0 Å². The third kappa shape index (κ3) is 2.79. The summed E-state index contributed by atoms with van der Waals surface area (Å²) in [5, 5.41) is 0. The van der Waals surface area contributed by atoms with E-state index in [9.17, 15) is 0 Å². The highest BCUT2D eigenvalue weighted by Gasteiger charge is 2.34. The summed E-state index contributed by atoms with van der Waals surface area (Å²) in [5.74, 6) is 0.564. The number of hydrogen-bond donors (Lipinski definition) is 0. The number of morpholine rings is 1. The van der Waals surface area contributed by atoms with Gasteiger partial charge in [0.2, 0.25) is 0 Å². The predicted octanol–water partition coefficient (Wildman–Crippen LogP) is 4.34. The molecule has 104 valence electrons. The fourth-order valence-electron chi connectivity index (χ4n) is 3.26. The van der Waals surface area contributed by atoms with Gasteiger partial charge in [-0.15, -0.1) is 11.6 Å². The Morgan fingerprint density at radius 2 is 2.16 bits per heavy atom. The molecule has 1 aromatic rings. The Morgan fingerprint density at radius 1 is 1.32 bits per heavy atom. The molecule has 2 unspecified atom stereocenters. The molecule has 0 N–H and O–H groups in total. The lowest BCUT2D eigenvalue weighted by Crippen LogP contribution is -2.53. The standard InChI is InChI=1S/C15H19BrClNO/c16-12-9-11(10-17)5-6-13(12)18-7-8-19-15-4-2-1-3-14(15)18/h5-6,9,14-15H,1-4,7-8,10H2. The lowest BCUT2D eigenvalue weighted by Gasteiger charge is -2.45. The summed E-state index contributed by atoms with van der Waals surface area (Å²) in [4.78, 5) is 2.52. The zero-order chi connectivity index (χ0) is 13.2. The second-order valence-electron chi connectivity index (χ2n) is 5.37. The molecule has 0 spiro atoms. The van der Waals surface area contributed by atoms with Crippen LogP contribution in [0.1, 0.15) is 31.2 Å². The van der Waals surface area contributed by atoms with E-state index >= 15 is 0 Å². The van der Waals surface area contributed by atoms with E-state index in [1.54, 1.807) is 0 Å². The molecule has 2 atom stereocenters. The second-order valence-corrected chi connectivity index (χ2v) is 6.50. The van der Waals surface area contributed by atoms with Crippen molar-refractivity contribution in [1.82, 2.24) is 0 Å². The van der Waals surface area contributed by atoms with Crippen LogP contribution in [0.2, 0.25) is 0 Å². The van der Waals surface area contributed by atoms with Gasteiger partial charge in [-0.1, -0.05) is 18.9 Å². The van der Waals surface area contributed by atoms with Gasteiger partial charge in [-0.2, -0.15) is 0 Å². The highest BCUT2D eigenvalue weighted by atomic mass is 79.9. The monoisotopic (exact) mass is 343 g/mol. The van der Waals surface area contributed by atoms with Crippen LogP contribution in [0.4, 0.5) is 5.69 Å². The van der Waals surface area contributed by atoms with Gasteiger partial charge in [0.1, 0.15) is 0 Å². The van der Waals surface area contributed by atoms with Gasteiger partial charge in [-0.25, -0.2) is 0 Å². The second kappa shape index (κ2) is 6.02. The molecule has 4 heteroatoms. The molecule has 1 aromatic carbocycles. The Labute approximate surface area is 128 Å². The molecule has 0 aromatic heterocycles. The van der Waals surface area contributed by atoms with E-state index in [4.69, 9.17) is 16.3 Å². The third-order valence-corrected chi connectivity index (χ3v) is 5.15. The van der Waals surface area contributed by atoms with Gasteiger partial charge < -0.3 is 9.64 Å². The van der Waals surface area contributed by atoms with Crippen molar-refractivity contribution in [3.63, 3.8) is 0 Å². The number of fused-ring (bicyclic) bond motifs is 1. The Balaban J connectivity index is 1.87. The maximum absolute atomic E-state index is 5.94. The van der Waals surface area contributed by atoms with Crippen molar-refractivity contribution in [2.24, 2.45) is 0 Å². The summed E-state index contributed by atoms with van der Waals surface area (Å²) in [6, 6.07) is 7.00. The number of rotatable bonds is 2. The van der Waals surface area contributed by atoms with Gasteiger partial charge in [-0.05, 0) is 46.5 Å². The number of benzene rings is 1. The molecule has 3 rings (SSSR count). The smallest absolute Gasteiger partial charge is 0.0779 e. The number of ether oxygens (including phenoxy) is 1. The lowest BCUT2D eigenvalue weighted by atomic mass is 9.90.